The van der Waals surface area contributed by atoms with E-state index in [2.05, 4.69) is 106 Å². The maximum atomic E-state index is 6.45. The van der Waals surface area contributed by atoms with Gasteiger partial charge < -0.3 is 13.4 Å². The Morgan fingerprint density at radius 3 is 2.06 bits per heavy atom. The fourth-order valence-electron chi connectivity index (χ4n) is 7.63. The fraction of sp³-hybridized carbons (Fsp3) is 0. The van der Waals surface area contributed by atoms with Crippen LogP contribution in [0.1, 0.15) is 0 Å². The van der Waals surface area contributed by atoms with Gasteiger partial charge in [0.05, 0.1) is 27.8 Å². The molecule has 11 aromatic rings. The summed E-state index contributed by atoms with van der Waals surface area (Å²) in [7, 11) is 0. The Hall–Kier alpha value is -6.66. The zero-order valence-electron chi connectivity index (χ0n) is 25.5. The number of benzene rings is 6. The smallest absolute Gasteiger partial charge is 0.307 e. The second-order valence-corrected chi connectivity index (χ2v) is 12.2. The third-order valence-electron chi connectivity index (χ3n) is 9.65. The summed E-state index contributed by atoms with van der Waals surface area (Å²) in [5, 5.41) is 4.39. The van der Waals surface area contributed by atoms with E-state index in [1.165, 1.54) is 0 Å². The van der Waals surface area contributed by atoms with Crippen LogP contribution in [0.15, 0.2) is 155 Å². The molecule has 5 heterocycles. The molecule has 48 heavy (non-hydrogen) atoms. The summed E-state index contributed by atoms with van der Waals surface area (Å²) < 4.78 is 17.1. The van der Waals surface area contributed by atoms with Crippen molar-refractivity contribution >= 4 is 71.7 Å². The summed E-state index contributed by atoms with van der Waals surface area (Å²) >= 11 is 0. The number of rotatable bonds is 3. The molecule has 0 fully saturated rings. The van der Waals surface area contributed by atoms with Crippen LogP contribution in [0.2, 0.25) is 0 Å². The number of hydrogen-bond acceptors (Lipinski definition) is 4. The first-order valence-electron chi connectivity index (χ1n) is 16.0. The lowest BCUT2D eigenvalue weighted by Gasteiger charge is -2.16. The molecule has 0 saturated carbocycles. The first-order chi connectivity index (χ1) is 23.8. The molecule has 0 atom stereocenters. The Bertz CT molecular complexity index is 3080. The van der Waals surface area contributed by atoms with Gasteiger partial charge in [-0.2, -0.15) is 4.98 Å². The van der Waals surface area contributed by atoms with E-state index < -0.39 is 0 Å². The molecular formula is C42H24N4O2. The summed E-state index contributed by atoms with van der Waals surface area (Å²) in [6.07, 6.45) is 1.88. The van der Waals surface area contributed by atoms with Gasteiger partial charge in [0.25, 0.3) is 0 Å². The van der Waals surface area contributed by atoms with Gasteiger partial charge in [0, 0.05) is 38.9 Å². The van der Waals surface area contributed by atoms with Crippen molar-refractivity contribution in [2.45, 2.75) is 0 Å². The number of para-hydroxylation sites is 5. The minimum absolute atomic E-state index is 0.595. The number of nitrogens with zero attached hydrogens (tertiary/aromatic N) is 4. The largest absolute Gasteiger partial charge is 0.454 e. The van der Waals surface area contributed by atoms with Crippen molar-refractivity contribution in [3.05, 3.63) is 146 Å². The Balaban J connectivity index is 1.20. The van der Waals surface area contributed by atoms with Crippen LogP contribution < -0.4 is 0 Å². The topological polar surface area (TPSA) is 61.4 Å². The molecule has 0 aliphatic carbocycles. The summed E-state index contributed by atoms with van der Waals surface area (Å²) in [4.78, 5) is 9.99. The zero-order chi connectivity index (χ0) is 31.3. The number of oxazole rings is 1. The highest BCUT2D eigenvalue weighted by Gasteiger charge is 2.23. The molecule has 6 heteroatoms. The van der Waals surface area contributed by atoms with E-state index in [0.717, 1.165) is 93.9 Å². The summed E-state index contributed by atoms with van der Waals surface area (Å²) in [5.41, 5.74) is 12.7. The van der Waals surface area contributed by atoms with Gasteiger partial charge in [-0.05, 0) is 54.1 Å². The predicted molar refractivity (Wildman–Crippen MR) is 193 cm³/mol. The second-order valence-electron chi connectivity index (χ2n) is 12.2. The van der Waals surface area contributed by atoms with Crippen molar-refractivity contribution in [1.29, 1.82) is 0 Å². The predicted octanol–water partition coefficient (Wildman–Crippen LogP) is 11.0. The highest BCUT2D eigenvalue weighted by atomic mass is 16.4. The van der Waals surface area contributed by atoms with E-state index in [1.54, 1.807) is 0 Å². The lowest BCUT2D eigenvalue weighted by molar-refractivity contribution is 0.643. The molecule has 0 spiro atoms. The summed E-state index contributed by atoms with van der Waals surface area (Å²) in [5.74, 6) is 0.595. The second kappa shape index (κ2) is 9.44. The molecule has 0 radical (unpaired) electrons. The van der Waals surface area contributed by atoms with E-state index in [-0.39, 0.29) is 0 Å². The highest BCUT2D eigenvalue weighted by Crippen LogP contribution is 2.43. The number of aromatic nitrogens is 4. The number of pyridine rings is 1. The lowest BCUT2D eigenvalue weighted by Crippen LogP contribution is -1.98. The molecule has 6 nitrogen and oxygen atoms in total. The van der Waals surface area contributed by atoms with Crippen molar-refractivity contribution in [2.75, 3.05) is 0 Å². The lowest BCUT2D eigenvalue weighted by atomic mass is 9.95. The van der Waals surface area contributed by atoms with Gasteiger partial charge in [-0.25, -0.2) is 0 Å². The average molecular weight is 617 g/mol. The molecule has 0 saturated heterocycles. The molecule has 0 aliphatic rings. The van der Waals surface area contributed by atoms with Crippen LogP contribution in [0, 0.1) is 0 Å². The first kappa shape index (κ1) is 25.5. The molecule has 0 unspecified atom stereocenters. The Kier molecular flexibility index (Phi) is 5.02. The van der Waals surface area contributed by atoms with E-state index >= 15 is 0 Å². The van der Waals surface area contributed by atoms with E-state index in [1.807, 2.05) is 48.7 Å². The molecule has 0 aliphatic heterocycles. The maximum Gasteiger partial charge on any atom is 0.307 e. The van der Waals surface area contributed by atoms with Gasteiger partial charge in [0.15, 0.2) is 11.2 Å². The Morgan fingerprint density at radius 1 is 0.479 bits per heavy atom. The number of hydrogen-bond donors (Lipinski definition) is 0. The van der Waals surface area contributed by atoms with Crippen molar-refractivity contribution in [1.82, 2.24) is 18.9 Å². The van der Waals surface area contributed by atoms with E-state index in [0.29, 0.717) is 5.84 Å². The monoisotopic (exact) mass is 616 g/mol. The molecule has 5 aromatic heterocycles. The van der Waals surface area contributed by atoms with Crippen LogP contribution >= 0.6 is 0 Å². The van der Waals surface area contributed by atoms with Crippen molar-refractivity contribution < 1.29 is 8.83 Å². The SMILES string of the molecule is c1ccc(-c2nccc3c2oc2ccccc23)c(-c2ccccc2-n2c3ccccc3c3c4nc5oc6ccccc6n5c4ccc32)c1. The van der Waals surface area contributed by atoms with Crippen LogP contribution in [0.5, 0.6) is 0 Å². The third-order valence-corrected chi connectivity index (χ3v) is 9.65. The van der Waals surface area contributed by atoms with Crippen LogP contribution in [0.3, 0.4) is 0 Å². The third kappa shape index (κ3) is 3.35. The van der Waals surface area contributed by atoms with Gasteiger partial charge >= 0.3 is 5.84 Å². The average Bonchev–Trinajstić information content (AvgIpc) is 3.89. The zero-order valence-corrected chi connectivity index (χ0v) is 25.5. The first-order valence-corrected chi connectivity index (χ1v) is 16.0. The Morgan fingerprint density at radius 2 is 1.17 bits per heavy atom. The maximum absolute atomic E-state index is 6.45. The van der Waals surface area contributed by atoms with Gasteiger partial charge in [-0.1, -0.05) is 91.0 Å². The standard InChI is InChI=1S/C42H24N4O2/c1-2-14-28(39-41-29(23-24-43-39)27-13-5-9-19-36(27)47-41)25(11-1)26-12-3-6-16-31(26)45-32-17-7-4-15-30(32)38-34(45)21-22-35-40(38)44-42-46(35)33-18-8-10-20-37(33)48-42/h1-24H. The van der Waals surface area contributed by atoms with Crippen LogP contribution in [0.4, 0.5) is 0 Å². The number of fused-ring (bicyclic) bond motifs is 12. The van der Waals surface area contributed by atoms with Crippen molar-refractivity contribution in [3.8, 4) is 28.1 Å². The summed E-state index contributed by atoms with van der Waals surface area (Å²) in [6.45, 7) is 0. The van der Waals surface area contributed by atoms with Crippen LogP contribution in [-0.2, 0) is 0 Å². The molecule has 11 rings (SSSR count). The van der Waals surface area contributed by atoms with Gasteiger partial charge in [-0.3, -0.25) is 9.38 Å². The number of furan rings is 1. The van der Waals surface area contributed by atoms with Gasteiger partial charge in [-0.15, -0.1) is 0 Å². The van der Waals surface area contributed by atoms with Crippen molar-refractivity contribution in [3.63, 3.8) is 0 Å². The Labute approximate surface area is 272 Å². The molecular weight excluding hydrogens is 592 g/mol. The molecule has 0 N–H and O–H groups in total. The van der Waals surface area contributed by atoms with Crippen LogP contribution in [-0.4, -0.2) is 18.9 Å². The quantitative estimate of drug-likeness (QED) is 0.198. The van der Waals surface area contributed by atoms with E-state index in [4.69, 9.17) is 18.8 Å². The minimum atomic E-state index is 0.595. The normalized spacial score (nSPS) is 12.2. The molecule has 0 amide bonds. The molecule has 0 bridgehead atoms. The van der Waals surface area contributed by atoms with Gasteiger partial charge in [0.2, 0.25) is 0 Å². The molecule has 224 valence electrons. The van der Waals surface area contributed by atoms with Crippen molar-refractivity contribution in [2.24, 2.45) is 0 Å². The van der Waals surface area contributed by atoms with Gasteiger partial charge in [0.1, 0.15) is 16.8 Å². The summed E-state index contributed by atoms with van der Waals surface area (Å²) in [6, 6.07) is 48.3. The highest BCUT2D eigenvalue weighted by molar-refractivity contribution is 6.21. The van der Waals surface area contributed by atoms with Crippen LogP contribution in [0.25, 0.3) is 99.8 Å². The minimum Gasteiger partial charge on any atom is -0.454 e. The van der Waals surface area contributed by atoms with E-state index in [9.17, 15) is 0 Å². The number of imidazole rings is 1. The fourth-order valence-corrected chi connectivity index (χ4v) is 7.63. The molecule has 6 aromatic carbocycles.